The van der Waals surface area contributed by atoms with Gasteiger partial charge in [0, 0.05) is 31.4 Å². The topological polar surface area (TPSA) is 87.7 Å². The SMILES string of the molecule is C[C@H](Oc1nc(N2CCc3ccccc32)ncc1C(=O)NN1CCCCCC1=O)c1ccccc1. The molecule has 1 aromatic heterocycles. The Balaban J connectivity index is 1.46. The Kier molecular flexibility index (Phi) is 6.61. The summed E-state index contributed by atoms with van der Waals surface area (Å²) in [4.78, 5) is 36.9. The zero-order chi connectivity index (χ0) is 24.2. The highest BCUT2D eigenvalue weighted by atomic mass is 16.5. The number of nitrogens with one attached hydrogen (secondary N) is 1. The zero-order valence-electron chi connectivity index (χ0n) is 19.8. The van der Waals surface area contributed by atoms with Gasteiger partial charge in [-0.1, -0.05) is 55.0 Å². The highest BCUT2D eigenvalue weighted by molar-refractivity contribution is 5.97. The number of ether oxygens (including phenoxy) is 1. The minimum atomic E-state index is -0.455. The van der Waals surface area contributed by atoms with Crippen molar-refractivity contribution >= 4 is 23.5 Å². The minimum Gasteiger partial charge on any atom is -0.469 e. The van der Waals surface area contributed by atoms with Gasteiger partial charge in [0.2, 0.25) is 17.7 Å². The summed E-state index contributed by atoms with van der Waals surface area (Å²) in [7, 11) is 0. The zero-order valence-corrected chi connectivity index (χ0v) is 19.8. The predicted molar refractivity (Wildman–Crippen MR) is 132 cm³/mol. The van der Waals surface area contributed by atoms with Gasteiger partial charge in [0.15, 0.2) is 0 Å². The Morgan fingerprint density at radius 3 is 2.66 bits per heavy atom. The van der Waals surface area contributed by atoms with Crippen LogP contribution in [0.15, 0.2) is 60.8 Å². The lowest BCUT2D eigenvalue weighted by Gasteiger charge is -2.23. The van der Waals surface area contributed by atoms with Gasteiger partial charge >= 0.3 is 0 Å². The number of para-hydroxylation sites is 1. The molecular formula is C27H29N5O3. The van der Waals surface area contributed by atoms with Crippen LogP contribution in [0, 0.1) is 0 Å². The number of benzene rings is 2. The first-order valence-electron chi connectivity index (χ1n) is 12.2. The van der Waals surface area contributed by atoms with E-state index in [9.17, 15) is 9.59 Å². The smallest absolute Gasteiger partial charge is 0.276 e. The van der Waals surface area contributed by atoms with Crippen LogP contribution in [0.25, 0.3) is 0 Å². The maximum Gasteiger partial charge on any atom is 0.276 e. The Hall–Kier alpha value is -3.94. The number of aromatic nitrogens is 2. The molecule has 8 nitrogen and oxygen atoms in total. The standard InChI is InChI=1S/C27H29N5O3/c1-19(20-10-4-2-5-11-20)35-26-22(25(34)30-32-16-9-3-6-14-24(32)33)18-28-27(29-26)31-17-15-21-12-7-8-13-23(21)31/h2,4-5,7-8,10-13,18-19H,3,6,9,14-17H2,1H3,(H,30,34)/t19-/m0/s1. The van der Waals surface area contributed by atoms with Crippen molar-refractivity contribution in [3.05, 3.63) is 77.5 Å². The maximum atomic E-state index is 13.3. The average Bonchev–Trinajstić information content (AvgIpc) is 3.22. The van der Waals surface area contributed by atoms with Crippen LogP contribution in [0.4, 0.5) is 11.6 Å². The first-order valence-corrected chi connectivity index (χ1v) is 12.2. The number of hydrogen-bond acceptors (Lipinski definition) is 6. The van der Waals surface area contributed by atoms with Crippen LogP contribution in [0.5, 0.6) is 5.88 Å². The van der Waals surface area contributed by atoms with Gasteiger partial charge in [0.1, 0.15) is 11.7 Å². The number of anilines is 2. The second-order valence-electron chi connectivity index (χ2n) is 8.89. The Bertz CT molecular complexity index is 1220. The lowest BCUT2D eigenvalue weighted by atomic mass is 10.1. The highest BCUT2D eigenvalue weighted by Crippen LogP contribution is 2.34. The van der Waals surface area contributed by atoms with Crippen LogP contribution in [0.2, 0.25) is 0 Å². The number of amides is 2. The van der Waals surface area contributed by atoms with Crippen LogP contribution < -0.4 is 15.1 Å². The highest BCUT2D eigenvalue weighted by Gasteiger charge is 2.27. The number of hydrogen-bond donors (Lipinski definition) is 1. The van der Waals surface area contributed by atoms with Gasteiger partial charge in [0.25, 0.3) is 5.91 Å². The third kappa shape index (κ3) is 4.96. The molecule has 2 amide bonds. The van der Waals surface area contributed by atoms with Gasteiger partial charge in [-0.2, -0.15) is 4.98 Å². The van der Waals surface area contributed by atoms with Crippen molar-refractivity contribution in [3.8, 4) is 5.88 Å². The van der Waals surface area contributed by atoms with Crippen LogP contribution in [0.1, 0.15) is 60.2 Å². The summed E-state index contributed by atoms with van der Waals surface area (Å²) in [6.45, 7) is 3.16. The molecule has 0 radical (unpaired) electrons. The molecule has 35 heavy (non-hydrogen) atoms. The average molecular weight is 472 g/mol. The second kappa shape index (κ2) is 10.1. The van der Waals surface area contributed by atoms with Crippen molar-refractivity contribution in [2.45, 2.75) is 45.1 Å². The lowest BCUT2D eigenvalue weighted by molar-refractivity contribution is -0.133. The van der Waals surface area contributed by atoms with Crippen LogP contribution in [0.3, 0.4) is 0 Å². The van der Waals surface area contributed by atoms with Gasteiger partial charge in [-0.3, -0.25) is 20.0 Å². The van der Waals surface area contributed by atoms with Crippen molar-refractivity contribution < 1.29 is 14.3 Å². The van der Waals surface area contributed by atoms with E-state index in [1.54, 1.807) is 0 Å². The molecule has 0 spiro atoms. The molecule has 0 bridgehead atoms. The summed E-state index contributed by atoms with van der Waals surface area (Å²) in [5, 5.41) is 1.41. The fraction of sp³-hybridized carbons (Fsp3) is 0.333. The van der Waals surface area contributed by atoms with E-state index in [-0.39, 0.29) is 23.5 Å². The Labute approximate surface area is 204 Å². The molecule has 1 fully saturated rings. The molecule has 8 heteroatoms. The Morgan fingerprint density at radius 2 is 1.80 bits per heavy atom. The molecule has 1 N–H and O–H groups in total. The molecular weight excluding hydrogens is 442 g/mol. The van der Waals surface area contributed by atoms with Crippen molar-refractivity contribution in [2.75, 3.05) is 18.0 Å². The summed E-state index contributed by atoms with van der Waals surface area (Å²) in [5.41, 5.74) is 6.21. The largest absolute Gasteiger partial charge is 0.469 e. The predicted octanol–water partition coefficient (Wildman–Crippen LogP) is 4.36. The summed E-state index contributed by atoms with van der Waals surface area (Å²) < 4.78 is 6.24. The first-order chi connectivity index (χ1) is 17.1. The van der Waals surface area contributed by atoms with Crippen molar-refractivity contribution in [2.24, 2.45) is 0 Å². The number of nitrogens with zero attached hydrogens (tertiary/aromatic N) is 4. The number of hydrazine groups is 1. The van der Waals surface area contributed by atoms with E-state index in [0.29, 0.717) is 18.9 Å². The van der Waals surface area contributed by atoms with E-state index in [2.05, 4.69) is 16.5 Å². The summed E-state index contributed by atoms with van der Waals surface area (Å²) in [6, 6.07) is 17.9. The fourth-order valence-corrected chi connectivity index (χ4v) is 4.52. The molecule has 2 aromatic carbocycles. The molecule has 1 saturated heterocycles. The molecule has 3 aromatic rings. The molecule has 0 unspecified atom stereocenters. The number of fused-ring (bicyclic) bond motifs is 1. The number of carbonyl (C=O) groups is 2. The third-order valence-corrected chi connectivity index (χ3v) is 6.48. The van der Waals surface area contributed by atoms with Crippen LogP contribution in [-0.4, -0.2) is 39.9 Å². The van der Waals surface area contributed by atoms with Gasteiger partial charge in [-0.15, -0.1) is 0 Å². The van der Waals surface area contributed by atoms with E-state index in [1.807, 2.05) is 60.4 Å². The quantitative estimate of drug-likeness (QED) is 0.575. The number of carbonyl (C=O) groups excluding carboxylic acids is 2. The normalized spacial score (nSPS) is 16.4. The van der Waals surface area contributed by atoms with Crippen molar-refractivity contribution in [3.63, 3.8) is 0 Å². The molecule has 180 valence electrons. The van der Waals surface area contributed by atoms with Gasteiger partial charge in [0.05, 0.1) is 0 Å². The van der Waals surface area contributed by atoms with Gasteiger partial charge < -0.3 is 9.64 Å². The Morgan fingerprint density at radius 1 is 1.00 bits per heavy atom. The first kappa shape index (κ1) is 22.8. The summed E-state index contributed by atoms with van der Waals surface area (Å²) in [6.07, 6.45) is 5.14. The minimum absolute atomic E-state index is 0.0813. The van der Waals surface area contributed by atoms with Crippen molar-refractivity contribution in [1.29, 1.82) is 0 Å². The van der Waals surface area contributed by atoms with Gasteiger partial charge in [-0.25, -0.2) is 4.98 Å². The molecule has 0 aliphatic carbocycles. The van der Waals surface area contributed by atoms with E-state index < -0.39 is 5.91 Å². The fourth-order valence-electron chi connectivity index (χ4n) is 4.52. The van der Waals surface area contributed by atoms with E-state index in [0.717, 1.165) is 43.5 Å². The van der Waals surface area contributed by atoms with Crippen LogP contribution in [-0.2, 0) is 11.2 Å². The second-order valence-corrected chi connectivity index (χ2v) is 8.89. The third-order valence-electron chi connectivity index (χ3n) is 6.48. The number of rotatable bonds is 6. The molecule has 2 aliphatic heterocycles. The van der Waals surface area contributed by atoms with E-state index >= 15 is 0 Å². The van der Waals surface area contributed by atoms with Crippen molar-refractivity contribution in [1.82, 2.24) is 20.4 Å². The monoisotopic (exact) mass is 471 g/mol. The molecule has 5 rings (SSSR count). The van der Waals surface area contributed by atoms with Gasteiger partial charge in [-0.05, 0) is 43.4 Å². The van der Waals surface area contributed by atoms with E-state index in [1.165, 1.54) is 16.8 Å². The summed E-state index contributed by atoms with van der Waals surface area (Å²) in [5.74, 6) is 0.134. The van der Waals surface area contributed by atoms with Crippen LogP contribution >= 0.6 is 0 Å². The lowest BCUT2D eigenvalue weighted by Crippen LogP contribution is -2.46. The maximum absolute atomic E-state index is 13.3. The molecule has 0 saturated carbocycles. The van der Waals surface area contributed by atoms with E-state index in [4.69, 9.17) is 9.72 Å². The molecule has 3 heterocycles. The molecule has 2 aliphatic rings. The molecule has 1 atom stereocenters. The summed E-state index contributed by atoms with van der Waals surface area (Å²) >= 11 is 0.